The van der Waals surface area contributed by atoms with Crippen LogP contribution in [-0.4, -0.2) is 22.5 Å². The van der Waals surface area contributed by atoms with E-state index in [1.54, 1.807) is 12.1 Å². The van der Waals surface area contributed by atoms with Gasteiger partial charge in [-0.3, -0.25) is 4.79 Å². The molecule has 1 aromatic rings. The molecule has 0 bridgehead atoms. The summed E-state index contributed by atoms with van der Waals surface area (Å²) in [5, 5.41) is 11.8. The standard InChI is InChI=1S/C14H17NO4/c1-10-4-5-11(19-10)6-7-12(16)15-14(13(17)18)8-2-3-9-14/h4-7H,2-3,8-9H2,1H3,(H,15,16)(H,17,18)/b7-6+. The second-order valence-electron chi connectivity index (χ2n) is 4.87. The number of aliphatic carboxylic acids is 1. The maximum absolute atomic E-state index is 11.8. The minimum atomic E-state index is -1.10. The first kappa shape index (κ1) is 13.4. The van der Waals surface area contributed by atoms with Gasteiger partial charge in [-0.25, -0.2) is 4.79 Å². The van der Waals surface area contributed by atoms with Gasteiger partial charge >= 0.3 is 5.97 Å². The van der Waals surface area contributed by atoms with Crippen molar-refractivity contribution in [2.45, 2.75) is 38.1 Å². The third kappa shape index (κ3) is 3.05. The average molecular weight is 263 g/mol. The van der Waals surface area contributed by atoms with Gasteiger partial charge in [0, 0.05) is 6.08 Å². The molecule has 1 amide bonds. The van der Waals surface area contributed by atoms with E-state index >= 15 is 0 Å². The third-order valence-corrected chi connectivity index (χ3v) is 3.39. The number of furan rings is 1. The highest BCUT2D eigenvalue weighted by Gasteiger charge is 2.42. The zero-order valence-electron chi connectivity index (χ0n) is 10.8. The predicted molar refractivity (Wildman–Crippen MR) is 69.5 cm³/mol. The number of carboxylic acids is 1. The number of aryl methyl sites for hydroxylation is 1. The van der Waals surface area contributed by atoms with Crippen LogP contribution in [0.5, 0.6) is 0 Å². The van der Waals surface area contributed by atoms with Crippen LogP contribution in [0.1, 0.15) is 37.2 Å². The zero-order chi connectivity index (χ0) is 13.9. The summed E-state index contributed by atoms with van der Waals surface area (Å²) >= 11 is 0. The summed E-state index contributed by atoms with van der Waals surface area (Å²) in [6.07, 6.45) is 5.47. The van der Waals surface area contributed by atoms with Crippen LogP contribution in [0.3, 0.4) is 0 Å². The normalized spacial score (nSPS) is 17.7. The van der Waals surface area contributed by atoms with Gasteiger partial charge in [0.05, 0.1) is 0 Å². The second kappa shape index (κ2) is 5.30. The highest BCUT2D eigenvalue weighted by molar-refractivity contribution is 5.95. The molecule has 1 aliphatic rings. The molecule has 2 N–H and O–H groups in total. The van der Waals surface area contributed by atoms with Crippen molar-refractivity contribution in [1.29, 1.82) is 0 Å². The molecule has 0 atom stereocenters. The van der Waals surface area contributed by atoms with Gasteiger partial charge in [-0.2, -0.15) is 0 Å². The largest absolute Gasteiger partial charge is 0.480 e. The molecule has 1 aromatic heterocycles. The van der Waals surface area contributed by atoms with Crippen molar-refractivity contribution >= 4 is 18.0 Å². The monoisotopic (exact) mass is 263 g/mol. The fraction of sp³-hybridized carbons (Fsp3) is 0.429. The number of amides is 1. The van der Waals surface area contributed by atoms with Crippen LogP contribution in [-0.2, 0) is 9.59 Å². The van der Waals surface area contributed by atoms with E-state index in [0.29, 0.717) is 18.6 Å². The molecule has 1 fully saturated rings. The molecule has 1 saturated carbocycles. The smallest absolute Gasteiger partial charge is 0.329 e. The van der Waals surface area contributed by atoms with Crippen molar-refractivity contribution in [2.24, 2.45) is 0 Å². The van der Waals surface area contributed by atoms with Crippen LogP contribution in [0.2, 0.25) is 0 Å². The molecule has 0 saturated heterocycles. The molecular weight excluding hydrogens is 246 g/mol. The van der Waals surface area contributed by atoms with E-state index in [1.807, 2.05) is 6.92 Å². The summed E-state index contributed by atoms with van der Waals surface area (Å²) in [5.41, 5.74) is -1.10. The Morgan fingerprint density at radius 2 is 2.05 bits per heavy atom. The van der Waals surface area contributed by atoms with E-state index in [4.69, 9.17) is 4.42 Å². The summed E-state index contributed by atoms with van der Waals surface area (Å²) in [6, 6.07) is 3.55. The molecular formula is C14H17NO4. The first-order valence-electron chi connectivity index (χ1n) is 6.32. The van der Waals surface area contributed by atoms with E-state index in [9.17, 15) is 14.7 Å². The lowest BCUT2D eigenvalue weighted by atomic mass is 9.98. The Bertz CT molecular complexity index is 509. The van der Waals surface area contributed by atoms with Gasteiger partial charge in [-0.15, -0.1) is 0 Å². The van der Waals surface area contributed by atoms with E-state index in [1.165, 1.54) is 12.2 Å². The minimum absolute atomic E-state index is 0.404. The molecule has 0 aliphatic heterocycles. The molecule has 19 heavy (non-hydrogen) atoms. The van der Waals surface area contributed by atoms with Gasteiger partial charge in [0.15, 0.2) is 0 Å². The molecule has 1 aliphatic carbocycles. The Balaban J connectivity index is 2.00. The van der Waals surface area contributed by atoms with E-state index < -0.39 is 17.4 Å². The first-order valence-corrected chi connectivity index (χ1v) is 6.32. The van der Waals surface area contributed by atoms with E-state index in [-0.39, 0.29) is 0 Å². The SMILES string of the molecule is Cc1ccc(/C=C/C(=O)NC2(C(=O)O)CCCC2)o1. The molecule has 0 spiro atoms. The van der Waals surface area contributed by atoms with E-state index in [2.05, 4.69) is 5.32 Å². The fourth-order valence-corrected chi connectivity index (χ4v) is 2.35. The Morgan fingerprint density at radius 3 is 2.58 bits per heavy atom. The number of carboxylic acid groups (broad SMARTS) is 1. The Morgan fingerprint density at radius 1 is 1.37 bits per heavy atom. The van der Waals surface area contributed by atoms with Crippen molar-refractivity contribution in [2.75, 3.05) is 0 Å². The molecule has 2 rings (SSSR count). The number of nitrogens with one attached hydrogen (secondary N) is 1. The van der Waals surface area contributed by atoms with Crippen LogP contribution in [0, 0.1) is 6.92 Å². The van der Waals surface area contributed by atoms with Crippen LogP contribution < -0.4 is 5.32 Å². The van der Waals surface area contributed by atoms with Gasteiger partial charge in [-0.1, -0.05) is 12.8 Å². The predicted octanol–water partition coefficient (Wildman–Crippen LogP) is 2.11. The lowest BCUT2D eigenvalue weighted by Gasteiger charge is -2.24. The average Bonchev–Trinajstić information content (AvgIpc) is 2.97. The Labute approximate surface area is 111 Å². The lowest BCUT2D eigenvalue weighted by Crippen LogP contribution is -2.52. The zero-order valence-corrected chi connectivity index (χ0v) is 10.8. The summed E-state index contributed by atoms with van der Waals surface area (Å²) in [6.45, 7) is 1.81. The number of hydrogen-bond acceptors (Lipinski definition) is 3. The maximum Gasteiger partial charge on any atom is 0.329 e. The van der Waals surface area contributed by atoms with Gasteiger partial charge in [-0.05, 0) is 38.0 Å². The maximum atomic E-state index is 11.8. The van der Waals surface area contributed by atoms with Gasteiger partial charge in [0.1, 0.15) is 17.1 Å². The highest BCUT2D eigenvalue weighted by atomic mass is 16.4. The van der Waals surface area contributed by atoms with Gasteiger partial charge in [0.25, 0.3) is 0 Å². The topological polar surface area (TPSA) is 79.5 Å². The van der Waals surface area contributed by atoms with Crippen LogP contribution in [0.15, 0.2) is 22.6 Å². The molecule has 0 radical (unpaired) electrons. The van der Waals surface area contributed by atoms with Gasteiger partial charge in [0.2, 0.25) is 5.91 Å². The van der Waals surface area contributed by atoms with Crippen molar-refractivity contribution < 1.29 is 19.1 Å². The summed E-state index contributed by atoms with van der Waals surface area (Å²) < 4.78 is 5.29. The van der Waals surface area contributed by atoms with E-state index in [0.717, 1.165) is 18.6 Å². The Kier molecular flexibility index (Phi) is 3.74. The molecule has 0 unspecified atom stereocenters. The quantitative estimate of drug-likeness (QED) is 0.815. The van der Waals surface area contributed by atoms with Crippen molar-refractivity contribution in [3.8, 4) is 0 Å². The number of carbonyl (C=O) groups excluding carboxylic acids is 1. The fourth-order valence-electron chi connectivity index (χ4n) is 2.35. The van der Waals surface area contributed by atoms with Crippen molar-refractivity contribution in [1.82, 2.24) is 5.32 Å². The highest BCUT2D eigenvalue weighted by Crippen LogP contribution is 2.29. The summed E-state index contributed by atoms with van der Waals surface area (Å²) in [4.78, 5) is 23.1. The summed E-state index contributed by atoms with van der Waals surface area (Å²) in [5.74, 6) is -0.0275. The lowest BCUT2D eigenvalue weighted by molar-refractivity contribution is -0.146. The molecule has 102 valence electrons. The van der Waals surface area contributed by atoms with Gasteiger partial charge < -0.3 is 14.8 Å². The second-order valence-corrected chi connectivity index (χ2v) is 4.87. The Hall–Kier alpha value is -2.04. The number of hydrogen-bond donors (Lipinski definition) is 2. The van der Waals surface area contributed by atoms with Crippen LogP contribution in [0.4, 0.5) is 0 Å². The molecule has 0 aromatic carbocycles. The molecule has 1 heterocycles. The van der Waals surface area contributed by atoms with Crippen LogP contribution >= 0.6 is 0 Å². The van der Waals surface area contributed by atoms with Crippen molar-refractivity contribution in [3.63, 3.8) is 0 Å². The molecule has 5 nitrogen and oxygen atoms in total. The first-order chi connectivity index (χ1) is 9.02. The number of carbonyl (C=O) groups is 2. The minimum Gasteiger partial charge on any atom is -0.480 e. The number of rotatable bonds is 4. The molecule has 5 heteroatoms. The summed E-state index contributed by atoms with van der Waals surface area (Å²) in [7, 11) is 0. The van der Waals surface area contributed by atoms with Crippen molar-refractivity contribution in [3.05, 3.63) is 29.7 Å². The van der Waals surface area contributed by atoms with Crippen LogP contribution in [0.25, 0.3) is 6.08 Å². The third-order valence-electron chi connectivity index (χ3n) is 3.39.